The van der Waals surface area contributed by atoms with Crippen LogP contribution in [0, 0.1) is 11.8 Å². The van der Waals surface area contributed by atoms with E-state index < -0.39 is 29.5 Å². The average Bonchev–Trinajstić information content (AvgIpc) is 3.47. The smallest absolute Gasteiger partial charge is 0.246 e. The van der Waals surface area contributed by atoms with Crippen molar-refractivity contribution in [2.75, 3.05) is 6.61 Å². The number of aliphatic hydroxyl groups is 1. The van der Waals surface area contributed by atoms with Crippen molar-refractivity contribution < 1.29 is 24.2 Å². The van der Waals surface area contributed by atoms with Crippen molar-refractivity contribution >= 4 is 17.7 Å². The van der Waals surface area contributed by atoms with Crippen molar-refractivity contribution in [3.05, 3.63) is 35.9 Å². The van der Waals surface area contributed by atoms with Crippen LogP contribution in [-0.4, -0.2) is 64.2 Å². The molecular weight excluding hydrogens is 434 g/mol. The number of rotatable bonds is 10. The van der Waals surface area contributed by atoms with Crippen LogP contribution < -0.4 is 10.6 Å². The number of ether oxygens (including phenoxy) is 1. The average molecular weight is 472 g/mol. The van der Waals surface area contributed by atoms with E-state index in [0.717, 1.165) is 18.4 Å². The van der Waals surface area contributed by atoms with Crippen molar-refractivity contribution in [1.29, 1.82) is 0 Å². The molecule has 3 fully saturated rings. The first kappa shape index (κ1) is 24.7. The minimum absolute atomic E-state index is 0.0392. The van der Waals surface area contributed by atoms with E-state index in [9.17, 15) is 19.5 Å². The lowest BCUT2D eigenvalue weighted by molar-refractivity contribution is -0.146. The van der Waals surface area contributed by atoms with E-state index in [-0.39, 0.29) is 36.5 Å². The standard InChI is InChI=1S/C26H37N3O5/c1-4-9-16(3)28-24(32)22-26-13-12-19(34-26)20(21(26)25(33)29(22)18(5-2)15-30)23(31)27-14-17-10-7-6-8-11-17/h6-8,10-11,16,18-22,30H,4-5,9,12-15H2,1-3H3,(H,27,31)(H,28,32)/t16?,18-,19-,20+,21-,22?,26?/m0/s1. The van der Waals surface area contributed by atoms with E-state index in [2.05, 4.69) is 17.6 Å². The summed E-state index contributed by atoms with van der Waals surface area (Å²) in [6.07, 6.45) is 3.06. The second kappa shape index (κ2) is 10.0. The molecule has 1 aromatic carbocycles. The van der Waals surface area contributed by atoms with Gasteiger partial charge in [0, 0.05) is 12.6 Å². The van der Waals surface area contributed by atoms with E-state index in [1.807, 2.05) is 44.2 Å². The van der Waals surface area contributed by atoms with Crippen molar-refractivity contribution in [3.8, 4) is 0 Å². The third kappa shape index (κ3) is 4.11. The third-order valence-electron chi connectivity index (χ3n) is 7.78. The molecule has 3 aliphatic heterocycles. The first-order valence-corrected chi connectivity index (χ1v) is 12.6. The maximum Gasteiger partial charge on any atom is 0.246 e. The highest BCUT2D eigenvalue weighted by Crippen LogP contribution is 2.58. The molecule has 0 radical (unpaired) electrons. The molecule has 3 amide bonds. The fourth-order valence-electron chi connectivity index (χ4n) is 6.23. The van der Waals surface area contributed by atoms with E-state index in [1.54, 1.807) is 0 Å². The maximum atomic E-state index is 13.8. The number of nitrogens with zero attached hydrogens (tertiary/aromatic N) is 1. The van der Waals surface area contributed by atoms with Crippen LogP contribution in [0.2, 0.25) is 0 Å². The fourth-order valence-corrected chi connectivity index (χ4v) is 6.23. The van der Waals surface area contributed by atoms with Crippen molar-refractivity contribution in [2.24, 2.45) is 11.8 Å². The topological polar surface area (TPSA) is 108 Å². The van der Waals surface area contributed by atoms with Gasteiger partial charge in [-0.25, -0.2) is 0 Å². The monoisotopic (exact) mass is 471 g/mol. The molecule has 7 atom stereocenters. The third-order valence-corrected chi connectivity index (χ3v) is 7.78. The van der Waals surface area contributed by atoms with Crippen LogP contribution in [0.1, 0.15) is 58.4 Å². The van der Waals surface area contributed by atoms with Crippen LogP contribution in [0.3, 0.4) is 0 Å². The summed E-state index contributed by atoms with van der Waals surface area (Å²) in [6.45, 7) is 6.02. The number of hydrogen-bond acceptors (Lipinski definition) is 5. The van der Waals surface area contributed by atoms with Gasteiger partial charge in [-0.15, -0.1) is 0 Å². The summed E-state index contributed by atoms with van der Waals surface area (Å²) in [5, 5.41) is 16.1. The molecule has 0 aliphatic carbocycles. The van der Waals surface area contributed by atoms with Crippen LogP contribution in [0.25, 0.3) is 0 Å². The molecule has 8 nitrogen and oxygen atoms in total. The number of fused-ring (bicyclic) bond motifs is 1. The minimum Gasteiger partial charge on any atom is -0.394 e. The molecular formula is C26H37N3O5. The van der Waals surface area contributed by atoms with Gasteiger partial charge in [0.1, 0.15) is 11.6 Å². The van der Waals surface area contributed by atoms with Gasteiger partial charge in [0.05, 0.1) is 30.6 Å². The van der Waals surface area contributed by atoms with E-state index >= 15 is 0 Å². The summed E-state index contributed by atoms with van der Waals surface area (Å²) in [7, 11) is 0. The zero-order valence-corrected chi connectivity index (χ0v) is 20.3. The quantitative estimate of drug-likeness (QED) is 0.482. The number of hydrogen-bond donors (Lipinski definition) is 3. The second-order valence-corrected chi connectivity index (χ2v) is 9.95. The predicted octanol–water partition coefficient (Wildman–Crippen LogP) is 1.75. The first-order chi connectivity index (χ1) is 16.4. The highest BCUT2D eigenvalue weighted by Gasteiger charge is 2.75. The van der Waals surface area contributed by atoms with Gasteiger partial charge in [0.15, 0.2) is 0 Å². The van der Waals surface area contributed by atoms with Crippen molar-refractivity contribution in [3.63, 3.8) is 0 Å². The summed E-state index contributed by atoms with van der Waals surface area (Å²) in [5.74, 6) is -2.10. The Labute approximate surface area is 201 Å². The van der Waals surface area contributed by atoms with Gasteiger partial charge < -0.3 is 25.4 Å². The number of nitrogens with one attached hydrogen (secondary N) is 2. The Bertz CT molecular complexity index is 905. The minimum atomic E-state index is -1.03. The number of carbonyl (C=O) groups is 3. The van der Waals surface area contributed by atoms with Crippen LogP contribution >= 0.6 is 0 Å². The SMILES string of the molecule is CCCC(C)NC(=O)C1N([C@@H](CC)CO)C(=O)[C@@H]2[C@H](C(=O)NCc3ccccc3)[C@@H]3CCC12O3. The molecule has 3 saturated heterocycles. The fraction of sp³-hybridized carbons (Fsp3) is 0.654. The lowest BCUT2D eigenvalue weighted by atomic mass is 9.70. The van der Waals surface area contributed by atoms with E-state index in [1.165, 1.54) is 4.90 Å². The zero-order chi connectivity index (χ0) is 24.5. The van der Waals surface area contributed by atoms with Gasteiger partial charge in [0.25, 0.3) is 0 Å². The van der Waals surface area contributed by atoms with Gasteiger partial charge >= 0.3 is 0 Å². The first-order valence-electron chi connectivity index (χ1n) is 12.6. The van der Waals surface area contributed by atoms with Gasteiger partial charge in [0.2, 0.25) is 17.7 Å². The number of carbonyl (C=O) groups excluding carboxylic acids is 3. The highest BCUT2D eigenvalue weighted by molar-refractivity contribution is 5.99. The van der Waals surface area contributed by atoms with Crippen molar-refractivity contribution in [1.82, 2.24) is 15.5 Å². The van der Waals surface area contributed by atoms with Gasteiger partial charge in [-0.1, -0.05) is 50.6 Å². The predicted molar refractivity (Wildman–Crippen MR) is 126 cm³/mol. The second-order valence-electron chi connectivity index (χ2n) is 9.95. The molecule has 186 valence electrons. The Kier molecular flexibility index (Phi) is 7.28. The number of aliphatic hydroxyl groups excluding tert-OH is 1. The summed E-state index contributed by atoms with van der Waals surface area (Å²) < 4.78 is 6.42. The molecule has 4 rings (SSSR count). The molecule has 1 spiro atoms. The van der Waals surface area contributed by atoms with Crippen molar-refractivity contribution in [2.45, 2.75) is 89.3 Å². The summed E-state index contributed by atoms with van der Waals surface area (Å²) >= 11 is 0. The van der Waals surface area contributed by atoms with Gasteiger partial charge in [-0.05, 0) is 38.2 Å². The molecule has 2 bridgehead atoms. The molecule has 0 aromatic heterocycles. The Hall–Kier alpha value is -2.45. The van der Waals surface area contributed by atoms with E-state index in [4.69, 9.17) is 4.74 Å². The highest BCUT2D eigenvalue weighted by atomic mass is 16.5. The van der Waals surface area contributed by atoms with Crippen LogP contribution in [0.15, 0.2) is 30.3 Å². The van der Waals surface area contributed by atoms with Crippen LogP contribution in [-0.2, 0) is 25.7 Å². The number of benzene rings is 1. The maximum absolute atomic E-state index is 13.8. The molecule has 3 unspecified atom stereocenters. The Morgan fingerprint density at radius 2 is 1.97 bits per heavy atom. The summed E-state index contributed by atoms with van der Waals surface area (Å²) in [6, 6.07) is 8.23. The van der Waals surface area contributed by atoms with E-state index in [0.29, 0.717) is 25.8 Å². The Morgan fingerprint density at radius 3 is 2.62 bits per heavy atom. The molecule has 8 heteroatoms. The zero-order valence-electron chi connectivity index (χ0n) is 20.3. The molecule has 0 saturated carbocycles. The molecule has 34 heavy (non-hydrogen) atoms. The lowest BCUT2D eigenvalue weighted by Crippen LogP contribution is -2.59. The van der Waals surface area contributed by atoms with Gasteiger partial charge in [-0.2, -0.15) is 0 Å². The Balaban J connectivity index is 1.62. The molecule has 3 aliphatic rings. The lowest BCUT2D eigenvalue weighted by Gasteiger charge is -2.37. The summed E-state index contributed by atoms with van der Waals surface area (Å²) in [5.41, 5.74) is -0.0581. The number of amides is 3. The van der Waals surface area contributed by atoms with Gasteiger partial charge in [-0.3, -0.25) is 14.4 Å². The Morgan fingerprint density at radius 1 is 1.24 bits per heavy atom. The molecule has 3 heterocycles. The molecule has 1 aromatic rings. The normalized spacial score (nSPS) is 31.3. The largest absolute Gasteiger partial charge is 0.394 e. The van der Waals surface area contributed by atoms with Crippen LogP contribution in [0.5, 0.6) is 0 Å². The van der Waals surface area contributed by atoms with Crippen LogP contribution in [0.4, 0.5) is 0 Å². The number of likely N-dealkylation sites (tertiary alicyclic amines) is 1. The summed E-state index contributed by atoms with van der Waals surface area (Å²) in [4.78, 5) is 42.3. The molecule has 3 N–H and O–H groups in total.